The van der Waals surface area contributed by atoms with Crippen LogP contribution in [0.15, 0.2) is 0 Å². The van der Waals surface area contributed by atoms with E-state index in [1.54, 1.807) is 4.90 Å². The average Bonchev–Trinajstić information content (AvgIpc) is 3.69. The average molecular weight is 938 g/mol. The highest BCUT2D eigenvalue weighted by Gasteiger charge is 2.39. The fourth-order valence-corrected chi connectivity index (χ4v) is 8.63. The molecule has 11 nitrogen and oxygen atoms in total. The Morgan fingerprint density at radius 2 is 1.03 bits per heavy atom. The number of hydrogen-bond acceptors (Lipinski definition) is 10. The molecule has 0 spiro atoms. The Balaban J connectivity index is 2.45. The number of esters is 4. The van der Waals surface area contributed by atoms with Crippen molar-refractivity contribution in [2.45, 2.75) is 264 Å². The molecule has 1 N–H and O–H groups in total. The third-order valence-corrected chi connectivity index (χ3v) is 13.1. The van der Waals surface area contributed by atoms with Crippen LogP contribution in [-0.4, -0.2) is 104 Å². The second-order valence-corrected chi connectivity index (χ2v) is 19.4. The van der Waals surface area contributed by atoms with Gasteiger partial charge in [0.1, 0.15) is 18.2 Å². The zero-order valence-electron chi connectivity index (χ0n) is 42.6. The van der Waals surface area contributed by atoms with Crippen LogP contribution in [0, 0.1) is 0 Å². The second kappa shape index (κ2) is 42.9. The Kier molecular flexibility index (Phi) is 39.9. The van der Waals surface area contributed by atoms with E-state index >= 15 is 0 Å². The normalized spacial score (nSPS) is 15.0. The maximum absolute atomic E-state index is 13.4. The summed E-state index contributed by atoms with van der Waals surface area (Å²) in [7, 11) is 3.69. The molecule has 1 rings (SSSR count). The number of rotatable bonds is 44. The highest BCUT2D eigenvalue weighted by atomic mass is 32.1. The fraction of sp³-hybridized carbons (Fsp3) is 0.906. The van der Waals surface area contributed by atoms with Crippen molar-refractivity contribution in [2.24, 2.45) is 0 Å². The summed E-state index contributed by atoms with van der Waals surface area (Å²) in [6.07, 6.45) is 35.9. The maximum atomic E-state index is 13.4. The van der Waals surface area contributed by atoms with Gasteiger partial charge in [0.05, 0.1) is 19.6 Å². The molecule has 380 valence electrons. The quantitative estimate of drug-likeness (QED) is 0.0271. The maximum Gasteiger partial charge on any atom is 0.323 e. The molecule has 12 heteroatoms. The van der Waals surface area contributed by atoms with Gasteiger partial charge in [-0.3, -0.25) is 24.1 Å². The molecule has 1 aliphatic heterocycles. The lowest BCUT2D eigenvalue weighted by atomic mass is 10.0. The van der Waals surface area contributed by atoms with E-state index in [1.807, 2.05) is 14.1 Å². The summed E-state index contributed by atoms with van der Waals surface area (Å²) in [5, 5.41) is 3.60. The van der Waals surface area contributed by atoms with Gasteiger partial charge in [-0.1, -0.05) is 162 Å². The number of carbonyl (C=O) groups excluding carboxylic acids is 4. The summed E-state index contributed by atoms with van der Waals surface area (Å²) in [5.41, 5.74) is 0. The first-order valence-corrected chi connectivity index (χ1v) is 27.4. The van der Waals surface area contributed by atoms with Crippen molar-refractivity contribution in [1.29, 1.82) is 0 Å². The number of nitrogens with one attached hydrogen (secondary N) is 1. The number of hydrogen-bond donors (Lipinski definition) is 1. The number of ether oxygens (including phenoxy) is 4. The van der Waals surface area contributed by atoms with Gasteiger partial charge in [0.2, 0.25) is 0 Å². The monoisotopic (exact) mass is 938 g/mol. The predicted molar refractivity (Wildman–Crippen MR) is 270 cm³/mol. The van der Waals surface area contributed by atoms with Crippen molar-refractivity contribution in [2.75, 3.05) is 46.9 Å². The van der Waals surface area contributed by atoms with Gasteiger partial charge in [-0.15, -0.1) is 0 Å². The molecule has 1 saturated heterocycles. The highest BCUT2D eigenvalue weighted by molar-refractivity contribution is 7.80. The summed E-state index contributed by atoms with van der Waals surface area (Å²) in [4.78, 5) is 55.1. The minimum Gasteiger partial charge on any atom is -0.466 e. The van der Waals surface area contributed by atoms with E-state index in [4.69, 9.17) is 31.2 Å². The summed E-state index contributed by atoms with van der Waals surface area (Å²) in [6, 6.07) is -0.481. The van der Waals surface area contributed by atoms with Crippen LogP contribution in [0.5, 0.6) is 0 Å². The van der Waals surface area contributed by atoms with E-state index in [-0.39, 0.29) is 36.4 Å². The Hall–Kier alpha value is -2.47. The summed E-state index contributed by atoms with van der Waals surface area (Å²) in [5.74, 6) is -0.795. The molecule has 1 fully saturated rings. The smallest absolute Gasteiger partial charge is 0.323 e. The first kappa shape index (κ1) is 60.5. The van der Waals surface area contributed by atoms with Gasteiger partial charge in [-0.05, 0) is 76.6 Å². The summed E-state index contributed by atoms with van der Waals surface area (Å²) in [6.45, 7) is 9.07. The molecule has 1 heterocycles. The van der Waals surface area contributed by atoms with Crippen LogP contribution in [0.25, 0.3) is 0 Å². The molecule has 2 atom stereocenters. The van der Waals surface area contributed by atoms with E-state index in [0.29, 0.717) is 57.2 Å². The molecule has 1 aliphatic rings. The second-order valence-electron chi connectivity index (χ2n) is 19.0. The predicted octanol–water partition coefficient (Wildman–Crippen LogP) is 12.7. The van der Waals surface area contributed by atoms with Crippen molar-refractivity contribution < 1.29 is 38.1 Å². The molecule has 2 unspecified atom stereocenters. The first-order chi connectivity index (χ1) is 31.6. The minimum absolute atomic E-state index is 0.0529. The zero-order valence-corrected chi connectivity index (χ0v) is 43.4. The molecule has 0 aromatic carbocycles. The molecule has 0 aliphatic carbocycles. The molecule has 0 radical (unpaired) electrons. The van der Waals surface area contributed by atoms with Crippen LogP contribution in [0.2, 0.25) is 0 Å². The van der Waals surface area contributed by atoms with Crippen LogP contribution in [0.3, 0.4) is 0 Å². The molecular formula is C53H99N3O8S. The van der Waals surface area contributed by atoms with E-state index < -0.39 is 12.1 Å². The Labute approximate surface area is 403 Å². The first-order valence-electron chi connectivity index (χ1n) is 27.0. The standard InChI is InChI=1S/C53H99N3O8S/c1-6-9-12-15-18-19-20-25-33-42-61-49(57)37-31-27-32-41-56-45-47(64-51(59)39-40-54-53(65)55(4)5)44-48(56)52(60)62-43-34-26-21-24-30-38-50(58)63-46(35-28-22-16-13-10-7-2)36-29-23-17-14-11-8-3/h46-48H,6-45H2,1-5H3,(H,54,65). The SMILES string of the molecule is CCCCCCCCCCCOC(=O)CCCCCN1CC(OC(=O)CCNC(=S)N(C)C)CC1C(=O)OCCCCCCCC(=O)OC(CCCCCCCC)CCCCCCCC. The van der Waals surface area contributed by atoms with Gasteiger partial charge in [0.15, 0.2) is 5.11 Å². The Morgan fingerprint density at radius 1 is 0.569 bits per heavy atom. The van der Waals surface area contributed by atoms with Crippen LogP contribution >= 0.6 is 12.2 Å². The fourth-order valence-electron chi connectivity index (χ4n) is 8.53. The van der Waals surface area contributed by atoms with Gasteiger partial charge >= 0.3 is 23.9 Å². The molecule has 0 aromatic rings. The number of thiocarbonyl (C=S) groups is 1. The van der Waals surface area contributed by atoms with Gasteiger partial charge in [0, 0.05) is 46.4 Å². The zero-order chi connectivity index (χ0) is 47.6. The number of likely N-dealkylation sites (tertiary alicyclic amines) is 1. The van der Waals surface area contributed by atoms with Crippen molar-refractivity contribution in [3.8, 4) is 0 Å². The van der Waals surface area contributed by atoms with Crippen molar-refractivity contribution in [1.82, 2.24) is 15.1 Å². The van der Waals surface area contributed by atoms with Gasteiger partial charge in [-0.2, -0.15) is 0 Å². The topological polar surface area (TPSA) is 124 Å². The third-order valence-electron chi connectivity index (χ3n) is 12.6. The molecule has 0 amide bonds. The summed E-state index contributed by atoms with van der Waals surface area (Å²) >= 11 is 5.25. The number of unbranched alkanes of at least 4 members (excludes halogenated alkanes) is 24. The number of nitrogens with zero attached hydrogens (tertiary/aromatic N) is 2. The molecule has 0 aromatic heterocycles. The van der Waals surface area contributed by atoms with E-state index in [1.165, 1.54) is 109 Å². The van der Waals surface area contributed by atoms with Crippen LogP contribution in [0.4, 0.5) is 0 Å². The van der Waals surface area contributed by atoms with Crippen molar-refractivity contribution >= 4 is 41.2 Å². The lowest BCUT2D eigenvalue weighted by Gasteiger charge is -2.22. The van der Waals surface area contributed by atoms with Crippen molar-refractivity contribution in [3.05, 3.63) is 0 Å². The van der Waals surface area contributed by atoms with Crippen LogP contribution < -0.4 is 5.32 Å². The van der Waals surface area contributed by atoms with Crippen LogP contribution in [-0.2, 0) is 38.1 Å². The third kappa shape index (κ3) is 35.4. The van der Waals surface area contributed by atoms with Gasteiger partial charge in [-0.25, -0.2) is 0 Å². The van der Waals surface area contributed by atoms with Gasteiger partial charge in [0.25, 0.3) is 0 Å². The van der Waals surface area contributed by atoms with E-state index in [0.717, 1.165) is 89.9 Å². The van der Waals surface area contributed by atoms with E-state index in [9.17, 15) is 19.2 Å². The Bertz CT molecular complexity index is 1190. The Morgan fingerprint density at radius 3 is 1.57 bits per heavy atom. The highest BCUT2D eigenvalue weighted by Crippen LogP contribution is 2.24. The number of carbonyl (C=O) groups is 4. The van der Waals surface area contributed by atoms with Gasteiger partial charge < -0.3 is 29.2 Å². The van der Waals surface area contributed by atoms with Crippen molar-refractivity contribution in [3.63, 3.8) is 0 Å². The largest absolute Gasteiger partial charge is 0.466 e. The van der Waals surface area contributed by atoms with Crippen LogP contribution in [0.1, 0.15) is 245 Å². The lowest BCUT2D eigenvalue weighted by molar-refractivity contribution is -0.151. The molecule has 65 heavy (non-hydrogen) atoms. The molecule has 0 saturated carbocycles. The summed E-state index contributed by atoms with van der Waals surface area (Å²) < 4.78 is 23.1. The molecular weight excluding hydrogens is 839 g/mol. The van der Waals surface area contributed by atoms with E-state index in [2.05, 4.69) is 31.0 Å². The lowest BCUT2D eigenvalue weighted by Crippen LogP contribution is -2.38. The minimum atomic E-state index is -0.481. The molecule has 0 bridgehead atoms.